The Bertz CT molecular complexity index is 327. The molecular formula is C8H10BrN3O. The van der Waals surface area contributed by atoms with E-state index in [0.29, 0.717) is 22.3 Å². The molecule has 4 nitrogen and oxygen atoms in total. The van der Waals surface area contributed by atoms with Gasteiger partial charge in [-0.25, -0.2) is 0 Å². The third kappa shape index (κ3) is 2.18. The minimum absolute atomic E-state index is 0.200. The van der Waals surface area contributed by atoms with E-state index in [1.165, 1.54) is 6.20 Å². The number of carbonyl (C=O) groups is 1. The molecule has 1 amide bonds. The Kier molecular flexibility index (Phi) is 3.25. The SMILES string of the molecule is CCNC(=O)c1cncc(Br)c1N. The Labute approximate surface area is 84.7 Å². The predicted molar refractivity (Wildman–Crippen MR) is 54.4 cm³/mol. The highest BCUT2D eigenvalue weighted by Gasteiger charge is 2.10. The van der Waals surface area contributed by atoms with Crippen LogP contribution in [0.15, 0.2) is 16.9 Å². The van der Waals surface area contributed by atoms with Gasteiger partial charge in [-0.2, -0.15) is 0 Å². The molecule has 1 aromatic rings. The minimum atomic E-state index is -0.200. The highest BCUT2D eigenvalue weighted by Crippen LogP contribution is 2.21. The molecule has 0 saturated carbocycles. The number of rotatable bonds is 2. The smallest absolute Gasteiger partial charge is 0.254 e. The molecular weight excluding hydrogens is 234 g/mol. The van der Waals surface area contributed by atoms with Gasteiger partial charge in [-0.15, -0.1) is 0 Å². The summed E-state index contributed by atoms with van der Waals surface area (Å²) in [4.78, 5) is 15.2. The number of nitrogens with two attached hydrogens (primary N) is 1. The lowest BCUT2D eigenvalue weighted by atomic mass is 10.2. The van der Waals surface area contributed by atoms with Crippen LogP contribution in [0.1, 0.15) is 17.3 Å². The fourth-order valence-electron chi connectivity index (χ4n) is 0.882. The summed E-state index contributed by atoms with van der Waals surface area (Å²) in [6, 6.07) is 0. The second-order valence-corrected chi connectivity index (χ2v) is 3.30. The second-order valence-electron chi connectivity index (χ2n) is 2.44. The van der Waals surface area contributed by atoms with Crippen molar-refractivity contribution in [3.05, 3.63) is 22.4 Å². The topological polar surface area (TPSA) is 68.0 Å². The first-order chi connectivity index (χ1) is 6.16. The number of halogens is 1. The van der Waals surface area contributed by atoms with Gasteiger partial charge in [-0.05, 0) is 22.9 Å². The van der Waals surface area contributed by atoms with Gasteiger partial charge in [0.15, 0.2) is 0 Å². The second kappa shape index (κ2) is 4.23. The van der Waals surface area contributed by atoms with E-state index in [-0.39, 0.29) is 5.91 Å². The van der Waals surface area contributed by atoms with E-state index in [1.54, 1.807) is 6.20 Å². The molecule has 0 atom stereocenters. The highest BCUT2D eigenvalue weighted by molar-refractivity contribution is 9.10. The summed E-state index contributed by atoms with van der Waals surface area (Å²) in [5.74, 6) is -0.200. The molecule has 0 saturated heterocycles. The van der Waals surface area contributed by atoms with Crippen LogP contribution in [0.5, 0.6) is 0 Å². The van der Waals surface area contributed by atoms with Gasteiger partial charge in [0.1, 0.15) is 0 Å². The molecule has 0 radical (unpaired) electrons. The number of nitrogens with one attached hydrogen (secondary N) is 1. The third-order valence-electron chi connectivity index (χ3n) is 1.52. The molecule has 0 aliphatic carbocycles. The van der Waals surface area contributed by atoms with Crippen molar-refractivity contribution in [3.8, 4) is 0 Å². The molecule has 0 spiro atoms. The molecule has 13 heavy (non-hydrogen) atoms. The molecule has 1 aromatic heterocycles. The van der Waals surface area contributed by atoms with Gasteiger partial charge in [0, 0.05) is 18.9 Å². The van der Waals surface area contributed by atoms with Crippen LogP contribution in [0.25, 0.3) is 0 Å². The number of hydrogen-bond donors (Lipinski definition) is 2. The number of amides is 1. The van der Waals surface area contributed by atoms with Crippen molar-refractivity contribution in [2.75, 3.05) is 12.3 Å². The first-order valence-electron chi connectivity index (χ1n) is 3.84. The molecule has 70 valence electrons. The summed E-state index contributed by atoms with van der Waals surface area (Å²) >= 11 is 3.20. The lowest BCUT2D eigenvalue weighted by Gasteiger charge is -2.05. The summed E-state index contributed by atoms with van der Waals surface area (Å²) in [6.45, 7) is 2.42. The Morgan fingerprint density at radius 3 is 3.00 bits per heavy atom. The van der Waals surface area contributed by atoms with E-state index in [0.717, 1.165) is 0 Å². The normalized spacial score (nSPS) is 9.69. The molecule has 1 rings (SSSR count). The van der Waals surface area contributed by atoms with Gasteiger partial charge in [0.05, 0.1) is 15.7 Å². The molecule has 1 heterocycles. The number of anilines is 1. The Morgan fingerprint density at radius 1 is 1.69 bits per heavy atom. The van der Waals surface area contributed by atoms with Crippen molar-refractivity contribution in [2.24, 2.45) is 0 Å². The zero-order chi connectivity index (χ0) is 9.84. The Balaban J connectivity index is 3.01. The van der Waals surface area contributed by atoms with Crippen molar-refractivity contribution < 1.29 is 4.79 Å². The van der Waals surface area contributed by atoms with Crippen molar-refractivity contribution in [1.82, 2.24) is 10.3 Å². The molecule has 5 heteroatoms. The number of carbonyl (C=O) groups excluding carboxylic acids is 1. The fraction of sp³-hybridized carbons (Fsp3) is 0.250. The Hall–Kier alpha value is -1.10. The molecule has 0 bridgehead atoms. The molecule has 3 N–H and O–H groups in total. The van der Waals surface area contributed by atoms with Crippen LogP contribution in [0.2, 0.25) is 0 Å². The maximum atomic E-state index is 11.4. The van der Waals surface area contributed by atoms with E-state index < -0.39 is 0 Å². The molecule has 0 fully saturated rings. The average Bonchev–Trinajstić information content (AvgIpc) is 2.10. The summed E-state index contributed by atoms with van der Waals surface area (Å²) in [5, 5.41) is 2.65. The van der Waals surface area contributed by atoms with Crippen LogP contribution in [-0.4, -0.2) is 17.4 Å². The average molecular weight is 244 g/mol. The third-order valence-corrected chi connectivity index (χ3v) is 2.15. The van der Waals surface area contributed by atoms with E-state index >= 15 is 0 Å². The van der Waals surface area contributed by atoms with Gasteiger partial charge in [0.25, 0.3) is 5.91 Å². The van der Waals surface area contributed by atoms with E-state index in [9.17, 15) is 4.79 Å². The first-order valence-corrected chi connectivity index (χ1v) is 4.63. The van der Waals surface area contributed by atoms with Crippen LogP contribution < -0.4 is 11.1 Å². The van der Waals surface area contributed by atoms with Crippen molar-refractivity contribution in [3.63, 3.8) is 0 Å². The van der Waals surface area contributed by atoms with Crippen LogP contribution in [0, 0.1) is 0 Å². The number of nitrogens with zero attached hydrogens (tertiary/aromatic N) is 1. The van der Waals surface area contributed by atoms with Crippen LogP contribution >= 0.6 is 15.9 Å². The maximum Gasteiger partial charge on any atom is 0.254 e. The van der Waals surface area contributed by atoms with E-state index in [1.807, 2.05) is 6.92 Å². The first kappa shape index (κ1) is 9.98. The Morgan fingerprint density at radius 2 is 2.38 bits per heavy atom. The number of aromatic nitrogens is 1. The van der Waals surface area contributed by atoms with Crippen LogP contribution in [0.4, 0.5) is 5.69 Å². The van der Waals surface area contributed by atoms with Crippen LogP contribution in [-0.2, 0) is 0 Å². The van der Waals surface area contributed by atoms with E-state index in [4.69, 9.17) is 5.73 Å². The van der Waals surface area contributed by atoms with Gasteiger partial charge >= 0.3 is 0 Å². The predicted octanol–water partition coefficient (Wildman–Crippen LogP) is 1.18. The molecule has 0 aliphatic heterocycles. The van der Waals surface area contributed by atoms with Gasteiger partial charge in [-0.1, -0.05) is 0 Å². The quantitative estimate of drug-likeness (QED) is 0.820. The van der Waals surface area contributed by atoms with Crippen molar-refractivity contribution >= 4 is 27.5 Å². The summed E-state index contributed by atoms with van der Waals surface area (Å²) < 4.78 is 0.635. The number of nitrogen functional groups attached to an aromatic ring is 1. The molecule has 0 aliphatic rings. The van der Waals surface area contributed by atoms with Crippen molar-refractivity contribution in [2.45, 2.75) is 6.92 Å². The number of pyridine rings is 1. The standard InChI is InChI=1S/C8H10BrN3O/c1-2-12-8(13)5-3-11-4-6(9)7(5)10/h3-4H,2H2,1H3,(H2,10,11)(H,12,13). The maximum absolute atomic E-state index is 11.4. The zero-order valence-corrected chi connectivity index (χ0v) is 8.76. The van der Waals surface area contributed by atoms with E-state index in [2.05, 4.69) is 26.2 Å². The lowest BCUT2D eigenvalue weighted by molar-refractivity contribution is 0.0956. The van der Waals surface area contributed by atoms with Gasteiger partial charge < -0.3 is 11.1 Å². The lowest BCUT2D eigenvalue weighted by Crippen LogP contribution is -2.23. The summed E-state index contributed by atoms with van der Waals surface area (Å²) in [7, 11) is 0. The van der Waals surface area contributed by atoms with Crippen LogP contribution in [0.3, 0.4) is 0 Å². The van der Waals surface area contributed by atoms with Gasteiger partial charge in [0.2, 0.25) is 0 Å². The molecule has 0 aromatic carbocycles. The molecule has 0 unspecified atom stereocenters. The summed E-state index contributed by atoms with van der Waals surface area (Å²) in [6.07, 6.45) is 3.00. The zero-order valence-electron chi connectivity index (χ0n) is 7.17. The minimum Gasteiger partial charge on any atom is -0.397 e. The summed E-state index contributed by atoms with van der Waals surface area (Å²) in [5.41, 5.74) is 6.48. The number of hydrogen-bond acceptors (Lipinski definition) is 3. The fourth-order valence-corrected chi connectivity index (χ4v) is 1.21. The monoisotopic (exact) mass is 243 g/mol. The largest absolute Gasteiger partial charge is 0.397 e. The van der Waals surface area contributed by atoms with Gasteiger partial charge in [-0.3, -0.25) is 9.78 Å². The van der Waals surface area contributed by atoms with Crippen molar-refractivity contribution in [1.29, 1.82) is 0 Å². The highest BCUT2D eigenvalue weighted by atomic mass is 79.9.